The van der Waals surface area contributed by atoms with Crippen LogP contribution in [0.15, 0.2) is 18.3 Å². The van der Waals surface area contributed by atoms with Gasteiger partial charge in [-0.3, -0.25) is 14.4 Å². The molecule has 7 nitrogen and oxygen atoms in total. The highest BCUT2D eigenvalue weighted by Gasteiger charge is 2.40. The summed E-state index contributed by atoms with van der Waals surface area (Å²) in [6.07, 6.45) is 1.53. The Hall–Kier alpha value is -2.15. The number of aromatic nitrogens is 1. The molecular weight excluding hydrogens is 300 g/mol. The highest BCUT2D eigenvalue weighted by atomic mass is 35.5. The monoisotopic (exact) mass is 312 g/mol. The fourth-order valence-corrected chi connectivity index (χ4v) is 2.60. The first-order valence-electron chi connectivity index (χ1n) is 6.27. The molecule has 2 rings (SSSR count). The van der Waals surface area contributed by atoms with E-state index in [0.717, 1.165) is 0 Å². The zero-order chi connectivity index (χ0) is 15.6. The van der Waals surface area contributed by atoms with Crippen molar-refractivity contribution in [1.29, 1.82) is 0 Å². The van der Waals surface area contributed by atoms with Gasteiger partial charge in [0.2, 0.25) is 0 Å². The number of pyridine rings is 1. The van der Waals surface area contributed by atoms with Crippen LogP contribution < -0.4 is 0 Å². The standard InChI is InChI=1S/C13H13ClN2O5/c14-10-8(2-1-4-15-10)11(17)16-5-3-7(12(18)19)9(6-16)13(20)21/h1-2,4,7,9H,3,5-6H2,(H,18,19)(H,20,21). The van der Waals surface area contributed by atoms with Gasteiger partial charge in [0.15, 0.2) is 0 Å². The number of nitrogens with zero attached hydrogens (tertiary/aromatic N) is 2. The van der Waals surface area contributed by atoms with E-state index in [2.05, 4.69) is 4.98 Å². The van der Waals surface area contributed by atoms with Crippen LogP contribution in [0.25, 0.3) is 0 Å². The van der Waals surface area contributed by atoms with Gasteiger partial charge in [0.1, 0.15) is 5.15 Å². The van der Waals surface area contributed by atoms with Crippen LogP contribution in [0, 0.1) is 11.8 Å². The quantitative estimate of drug-likeness (QED) is 0.806. The Morgan fingerprint density at radius 3 is 2.48 bits per heavy atom. The van der Waals surface area contributed by atoms with Gasteiger partial charge in [0, 0.05) is 19.3 Å². The van der Waals surface area contributed by atoms with Crippen LogP contribution in [0.4, 0.5) is 0 Å². The van der Waals surface area contributed by atoms with Gasteiger partial charge in [-0.2, -0.15) is 0 Å². The SMILES string of the molecule is O=C(O)C1CCN(C(=O)c2cccnc2Cl)CC1C(=O)O. The van der Waals surface area contributed by atoms with Gasteiger partial charge < -0.3 is 15.1 Å². The number of carbonyl (C=O) groups excluding carboxylic acids is 1. The minimum atomic E-state index is -1.22. The van der Waals surface area contributed by atoms with Crippen LogP contribution >= 0.6 is 11.6 Å². The van der Waals surface area contributed by atoms with Crippen LogP contribution in [-0.2, 0) is 9.59 Å². The number of likely N-dealkylation sites (tertiary alicyclic amines) is 1. The number of halogens is 1. The van der Waals surface area contributed by atoms with E-state index in [1.165, 1.54) is 17.2 Å². The summed E-state index contributed by atoms with van der Waals surface area (Å²) in [6.45, 7) is 0.0150. The lowest BCUT2D eigenvalue weighted by Gasteiger charge is -2.34. The van der Waals surface area contributed by atoms with Crippen molar-refractivity contribution in [3.8, 4) is 0 Å². The molecule has 1 fully saturated rings. The van der Waals surface area contributed by atoms with E-state index in [0.29, 0.717) is 0 Å². The number of rotatable bonds is 3. The molecule has 0 aliphatic carbocycles. The zero-order valence-corrected chi connectivity index (χ0v) is 11.7. The largest absolute Gasteiger partial charge is 0.481 e. The van der Waals surface area contributed by atoms with Crippen LogP contribution in [-0.4, -0.2) is 51.0 Å². The second kappa shape index (κ2) is 6.09. The predicted octanol–water partition coefficient (Wildman–Crippen LogP) is 0.983. The topological polar surface area (TPSA) is 108 Å². The number of aliphatic carboxylic acids is 2. The van der Waals surface area contributed by atoms with Crippen LogP contribution in [0.5, 0.6) is 0 Å². The molecule has 112 valence electrons. The molecule has 0 aromatic carbocycles. The van der Waals surface area contributed by atoms with E-state index in [1.807, 2.05) is 0 Å². The Morgan fingerprint density at radius 1 is 1.24 bits per heavy atom. The first kappa shape index (κ1) is 15.2. The summed E-state index contributed by atoms with van der Waals surface area (Å²) in [5.74, 6) is -4.94. The lowest BCUT2D eigenvalue weighted by molar-refractivity contribution is -0.156. The number of hydrogen-bond acceptors (Lipinski definition) is 4. The average molecular weight is 313 g/mol. The van der Waals surface area contributed by atoms with Gasteiger partial charge in [-0.05, 0) is 18.6 Å². The van der Waals surface area contributed by atoms with E-state index in [1.54, 1.807) is 6.07 Å². The van der Waals surface area contributed by atoms with E-state index >= 15 is 0 Å². The van der Waals surface area contributed by atoms with Crippen LogP contribution in [0.1, 0.15) is 16.8 Å². The lowest BCUT2D eigenvalue weighted by Crippen LogP contribution is -2.48. The summed E-state index contributed by atoms with van der Waals surface area (Å²) in [7, 11) is 0. The molecule has 2 N–H and O–H groups in total. The normalized spacial score (nSPS) is 21.9. The van der Waals surface area contributed by atoms with Crippen molar-refractivity contribution in [2.75, 3.05) is 13.1 Å². The maximum absolute atomic E-state index is 12.3. The van der Waals surface area contributed by atoms with Crippen LogP contribution in [0.3, 0.4) is 0 Å². The number of amides is 1. The van der Waals surface area contributed by atoms with Crippen molar-refractivity contribution in [3.63, 3.8) is 0 Å². The van der Waals surface area contributed by atoms with Crippen molar-refractivity contribution in [3.05, 3.63) is 29.0 Å². The molecule has 0 bridgehead atoms. The molecule has 1 amide bonds. The number of carboxylic acids is 2. The summed E-state index contributed by atoms with van der Waals surface area (Å²) in [5.41, 5.74) is 0.178. The van der Waals surface area contributed by atoms with E-state index < -0.39 is 29.7 Å². The molecule has 1 aliphatic rings. The molecule has 0 radical (unpaired) electrons. The molecule has 0 spiro atoms. The Morgan fingerprint density at radius 2 is 1.90 bits per heavy atom. The molecular formula is C13H13ClN2O5. The van der Waals surface area contributed by atoms with Crippen molar-refractivity contribution in [1.82, 2.24) is 9.88 Å². The number of carbonyl (C=O) groups is 3. The summed E-state index contributed by atoms with van der Waals surface area (Å²) >= 11 is 5.85. The maximum atomic E-state index is 12.3. The van der Waals surface area contributed by atoms with Gasteiger partial charge in [-0.15, -0.1) is 0 Å². The first-order valence-corrected chi connectivity index (χ1v) is 6.65. The number of piperidine rings is 1. The van der Waals surface area contributed by atoms with Crippen LogP contribution in [0.2, 0.25) is 5.15 Å². The third kappa shape index (κ3) is 3.13. The molecule has 0 saturated carbocycles. The smallest absolute Gasteiger partial charge is 0.309 e. The lowest BCUT2D eigenvalue weighted by atomic mass is 9.85. The predicted molar refractivity (Wildman–Crippen MR) is 72.0 cm³/mol. The minimum Gasteiger partial charge on any atom is -0.481 e. The fraction of sp³-hybridized carbons (Fsp3) is 0.385. The molecule has 2 atom stereocenters. The summed E-state index contributed by atoms with van der Waals surface area (Å²) < 4.78 is 0. The van der Waals surface area contributed by atoms with E-state index in [-0.39, 0.29) is 30.2 Å². The van der Waals surface area contributed by atoms with Crippen molar-refractivity contribution in [2.24, 2.45) is 11.8 Å². The van der Waals surface area contributed by atoms with Gasteiger partial charge in [-0.1, -0.05) is 11.6 Å². The summed E-state index contributed by atoms with van der Waals surface area (Å²) in [4.78, 5) is 39.7. The highest BCUT2D eigenvalue weighted by Crippen LogP contribution is 2.26. The molecule has 1 aromatic rings. The van der Waals surface area contributed by atoms with Gasteiger partial charge in [0.05, 0.1) is 17.4 Å². The number of hydrogen-bond donors (Lipinski definition) is 2. The molecule has 21 heavy (non-hydrogen) atoms. The second-order valence-electron chi connectivity index (χ2n) is 4.77. The van der Waals surface area contributed by atoms with Gasteiger partial charge >= 0.3 is 11.9 Å². The minimum absolute atomic E-state index is 0.0368. The third-order valence-electron chi connectivity index (χ3n) is 3.52. The molecule has 1 saturated heterocycles. The molecule has 1 aliphatic heterocycles. The Balaban J connectivity index is 2.20. The van der Waals surface area contributed by atoms with Crippen molar-refractivity contribution in [2.45, 2.75) is 6.42 Å². The van der Waals surface area contributed by atoms with Crippen molar-refractivity contribution >= 4 is 29.4 Å². The van der Waals surface area contributed by atoms with E-state index in [4.69, 9.17) is 21.8 Å². The number of carboxylic acid groups (broad SMARTS) is 2. The Kier molecular flexibility index (Phi) is 4.42. The van der Waals surface area contributed by atoms with Crippen molar-refractivity contribution < 1.29 is 24.6 Å². The average Bonchev–Trinajstić information content (AvgIpc) is 2.46. The molecule has 1 aromatic heterocycles. The fourth-order valence-electron chi connectivity index (χ4n) is 2.40. The Labute approximate surface area is 125 Å². The maximum Gasteiger partial charge on any atom is 0.309 e. The highest BCUT2D eigenvalue weighted by molar-refractivity contribution is 6.32. The van der Waals surface area contributed by atoms with Gasteiger partial charge in [0.25, 0.3) is 5.91 Å². The first-order chi connectivity index (χ1) is 9.91. The van der Waals surface area contributed by atoms with Gasteiger partial charge in [-0.25, -0.2) is 4.98 Å². The summed E-state index contributed by atoms with van der Waals surface area (Å²) in [6, 6.07) is 3.05. The Bertz CT molecular complexity index is 592. The molecule has 2 unspecified atom stereocenters. The molecule has 2 heterocycles. The zero-order valence-electron chi connectivity index (χ0n) is 10.9. The third-order valence-corrected chi connectivity index (χ3v) is 3.83. The summed E-state index contributed by atoms with van der Waals surface area (Å²) in [5, 5.41) is 18.2. The second-order valence-corrected chi connectivity index (χ2v) is 5.13. The molecule has 8 heteroatoms. The van der Waals surface area contributed by atoms with E-state index in [9.17, 15) is 14.4 Å².